The number of benzene rings is 2. The van der Waals surface area contributed by atoms with Crippen molar-refractivity contribution < 1.29 is 26.5 Å². The molecule has 1 fully saturated rings. The zero-order valence-corrected chi connectivity index (χ0v) is 16.2. The van der Waals surface area contributed by atoms with Crippen LogP contribution < -0.4 is 10.2 Å². The molecular formula is C18H20BF2NO4S. The largest absolute Gasteiger partial charge is 0.494 e. The van der Waals surface area contributed by atoms with Crippen molar-refractivity contribution in [2.75, 3.05) is 4.72 Å². The lowest BCUT2D eigenvalue weighted by atomic mass is 9.79. The van der Waals surface area contributed by atoms with Crippen LogP contribution in [0.1, 0.15) is 27.7 Å². The predicted molar refractivity (Wildman–Crippen MR) is 99.3 cm³/mol. The average molecular weight is 395 g/mol. The van der Waals surface area contributed by atoms with Gasteiger partial charge in [0.1, 0.15) is 4.90 Å². The van der Waals surface area contributed by atoms with Crippen LogP contribution in [0.5, 0.6) is 0 Å². The molecule has 2 aromatic carbocycles. The van der Waals surface area contributed by atoms with E-state index in [-0.39, 0.29) is 5.69 Å². The molecule has 1 heterocycles. The number of hydrogen-bond donors (Lipinski definition) is 1. The van der Waals surface area contributed by atoms with E-state index in [1.54, 1.807) is 12.1 Å². The molecule has 0 bridgehead atoms. The number of anilines is 1. The quantitative estimate of drug-likeness (QED) is 0.809. The molecule has 9 heteroatoms. The van der Waals surface area contributed by atoms with E-state index < -0.39 is 44.9 Å². The van der Waals surface area contributed by atoms with Gasteiger partial charge in [-0.2, -0.15) is 0 Å². The van der Waals surface area contributed by atoms with Gasteiger partial charge in [-0.15, -0.1) is 0 Å². The van der Waals surface area contributed by atoms with Crippen LogP contribution in [-0.4, -0.2) is 26.7 Å². The number of halogens is 2. The summed E-state index contributed by atoms with van der Waals surface area (Å²) in [5.41, 5.74) is -0.0629. The van der Waals surface area contributed by atoms with Crippen molar-refractivity contribution >= 4 is 28.3 Å². The second-order valence-electron chi connectivity index (χ2n) is 7.37. The van der Waals surface area contributed by atoms with Crippen LogP contribution in [-0.2, 0) is 19.3 Å². The number of hydrogen-bond acceptors (Lipinski definition) is 4. The van der Waals surface area contributed by atoms with Gasteiger partial charge >= 0.3 is 7.12 Å². The average Bonchev–Trinajstić information content (AvgIpc) is 2.78. The molecule has 0 radical (unpaired) electrons. The van der Waals surface area contributed by atoms with Crippen LogP contribution >= 0.6 is 0 Å². The summed E-state index contributed by atoms with van der Waals surface area (Å²) in [5, 5.41) is 0. The third-order valence-corrected chi connectivity index (χ3v) is 6.29. The van der Waals surface area contributed by atoms with Gasteiger partial charge in [-0.1, -0.05) is 18.2 Å². The Labute approximate surface area is 157 Å². The van der Waals surface area contributed by atoms with Gasteiger partial charge in [-0.3, -0.25) is 4.72 Å². The van der Waals surface area contributed by atoms with Crippen LogP contribution in [0, 0.1) is 11.6 Å². The minimum absolute atomic E-state index is 0.207. The van der Waals surface area contributed by atoms with Gasteiger partial charge in [0, 0.05) is 5.69 Å². The first kappa shape index (κ1) is 19.8. The summed E-state index contributed by atoms with van der Waals surface area (Å²) in [7, 11) is -4.85. The summed E-state index contributed by atoms with van der Waals surface area (Å²) < 4.78 is 65.8. The van der Waals surface area contributed by atoms with E-state index in [4.69, 9.17) is 9.31 Å². The van der Waals surface area contributed by atoms with E-state index in [0.717, 1.165) is 18.2 Å². The summed E-state index contributed by atoms with van der Waals surface area (Å²) in [6.45, 7) is 7.73. The molecule has 0 spiro atoms. The highest BCUT2D eigenvalue weighted by molar-refractivity contribution is 7.92. The standard InChI is InChI=1S/C18H20BF2NO4S/c1-17(2)18(3,4)26-19(25-17)12-8-10-13(11-9-12)22-27(23,24)15-7-5-6-14(20)16(15)21/h5-11,22H,1-4H3. The number of nitrogens with one attached hydrogen (secondary N) is 1. The topological polar surface area (TPSA) is 64.6 Å². The number of rotatable bonds is 4. The van der Waals surface area contributed by atoms with E-state index in [1.807, 2.05) is 27.7 Å². The minimum atomic E-state index is -4.26. The summed E-state index contributed by atoms with van der Waals surface area (Å²) in [6, 6.07) is 9.32. The van der Waals surface area contributed by atoms with Gasteiger partial charge in [0.15, 0.2) is 11.6 Å². The molecule has 0 amide bonds. The summed E-state index contributed by atoms with van der Waals surface area (Å²) in [5.74, 6) is -2.65. The molecule has 2 aromatic rings. The van der Waals surface area contributed by atoms with E-state index in [0.29, 0.717) is 5.46 Å². The van der Waals surface area contributed by atoms with Crippen LogP contribution in [0.25, 0.3) is 0 Å². The first-order valence-corrected chi connectivity index (χ1v) is 9.84. The highest BCUT2D eigenvalue weighted by Gasteiger charge is 2.51. The van der Waals surface area contributed by atoms with E-state index in [9.17, 15) is 17.2 Å². The zero-order chi connectivity index (χ0) is 20.0. The Morgan fingerprint density at radius 1 is 0.926 bits per heavy atom. The molecular weight excluding hydrogens is 375 g/mol. The zero-order valence-electron chi connectivity index (χ0n) is 15.4. The third-order valence-electron chi connectivity index (χ3n) is 4.89. The molecule has 144 valence electrons. The lowest BCUT2D eigenvalue weighted by Crippen LogP contribution is -2.41. The van der Waals surface area contributed by atoms with Gasteiger partial charge in [-0.05, 0) is 57.4 Å². The lowest BCUT2D eigenvalue weighted by Gasteiger charge is -2.32. The number of sulfonamides is 1. The second-order valence-corrected chi connectivity index (χ2v) is 9.02. The fraction of sp³-hybridized carbons (Fsp3) is 0.333. The Hall–Kier alpha value is -1.97. The molecule has 1 aliphatic heterocycles. The Morgan fingerprint density at radius 3 is 2.04 bits per heavy atom. The monoisotopic (exact) mass is 395 g/mol. The third kappa shape index (κ3) is 3.72. The maximum Gasteiger partial charge on any atom is 0.494 e. The maximum atomic E-state index is 13.8. The molecule has 0 atom stereocenters. The van der Waals surface area contributed by atoms with Gasteiger partial charge in [-0.25, -0.2) is 17.2 Å². The summed E-state index contributed by atoms with van der Waals surface area (Å²) >= 11 is 0. The normalized spacial score (nSPS) is 18.5. The maximum absolute atomic E-state index is 13.8. The highest BCUT2D eigenvalue weighted by Crippen LogP contribution is 2.36. The summed E-state index contributed by atoms with van der Waals surface area (Å²) in [4.78, 5) is -0.752. The summed E-state index contributed by atoms with van der Waals surface area (Å²) in [6.07, 6.45) is 0. The Balaban J connectivity index is 1.80. The van der Waals surface area contributed by atoms with Crippen molar-refractivity contribution in [3.63, 3.8) is 0 Å². The molecule has 3 rings (SSSR count). The first-order valence-electron chi connectivity index (χ1n) is 8.35. The minimum Gasteiger partial charge on any atom is -0.399 e. The fourth-order valence-corrected chi connectivity index (χ4v) is 3.74. The fourth-order valence-electron chi connectivity index (χ4n) is 2.59. The Bertz CT molecular complexity index is 946. The van der Waals surface area contributed by atoms with Crippen LogP contribution in [0.15, 0.2) is 47.4 Å². The molecule has 1 saturated heterocycles. The molecule has 0 aromatic heterocycles. The molecule has 5 nitrogen and oxygen atoms in total. The SMILES string of the molecule is CC1(C)OB(c2ccc(NS(=O)(=O)c3cccc(F)c3F)cc2)OC1(C)C. The first-order chi connectivity index (χ1) is 12.4. The molecule has 1 N–H and O–H groups in total. The van der Waals surface area contributed by atoms with E-state index >= 15 is 0 Å². The predicted octanol–water partition coefficient (Wildman–Crippen LogP) is 3.06. The molecule has 27 heavy (non-hydrogen) atoms. The van der Waals surface area contributed by atoms with Crippen LogP contribution in [0.2, 0.25) is 0 Å². The second kappa shape index (κ2) is 6.58. The van der Waals surface area contributed by atoms with E-state index in [2.05, 4.69) is 4.72 Å². The van der Waals surface area contributed by atoms with Gasteiger partial charge in [0.25, 0.3) is 10.0 Å². The van der Waals surface area contributed by atoms with Gasteiger partial charge < -0.3 is 9.31 Å². The Kier molecular flexibility index (Phi) is 4.82. The van der Waals surface area contributed by atoms with Crippen LogP contribution in [0.4, 0.5) is 14.5 Å². The van der Waals surface area contributed by atoms with Crippen molar-refractivity contribution in [3.8, 4) is 0 Å². The molecule has 0 saturated carbocycles. The van der Waals surface area contributed by atoms with Gasteiger partial charge in [0.2, 0.25) is 0 Å². The lowest BCUT2D eigenvalue weighted by molar-refractivity contribution is 0.00578. The van der Waals surface area contributed by atoms with Crippen molar-refractivity contribution in [2.45, 2.75) is 43.8 Å². The van der Waals surface area contributed by atoms with Crippen molar-refractivity contribution in [3.05, 3.63) is 54.1 Å². The van der Waals surface area contributed by atoms with Gasteiger partial charge in [0.05, 0.1) is 11.2 Å². The molecule has 0 aliphatic carbocycles. The van der Waals surface area contributed by atoms with Crippen molar-refractivity contribution in [1.29, 1.82) is 0 Å². The Morgan fingerprint density at radius 2 is 1.48 bits per heavy atom. The smallest absolute Gasteiger partial charge is 0.399 e. The highest BCUT2D eigenvalue weighted by atomic mass is 32.2. The van der Waals surface area contributed by atoms with Crippen molar-refractivity contribution in [2.24, 2.45) is 0 Å². The molecule has 1 aliphatic rings. The molecule has 0 unspecified atom stereocenters. The van der Waals surface area contributed by atoms with Crippen molar-refractivity contribution in [1.82, 2.24) is 0 Å². The van der Waals surface area contributed by atoms with E-state index in [1.165, 1.54) is 12.1 Å². The van der Waals surface area contributed by atoms with Crippen LogP contribution in [0.3, 0.4) is 0 Å².